The minimum atomic E-state index is -0.165. The molecule has 4 heteroatoms. The summed E-state index contributed by atoms with van der Waals surface area (Å²) in [6.07, 6.45) is 2.42. The molecule has 0 saturated heterocycles. The van der Waals surface area contributed by atoms with Crippen molar-refractivity contribution in [3.05, 3.63) is 24.0 Å². The Balaban J connectivity index is 2.04. The van der Waals surface area contributed by atoms with Crippen molar-refractivity contribution in [1.82, 2.24) is 4.72 Å². The Hall–Kier alpha value is -0.740. The summed E-state index contributed by atoms with van der Waals surface area (Å²) < 4.78 is 16.5. The first-order chi connectivity index (χ1) is 6.79. The highest BCUT2D eigenvalue weighted by Crippen LogP contribution is 2.28. The molecule has 1 fully saturated rings. The van der Waals surface area contributed by atoms with Crippen molar-refractivity contribution in [2.45, 2.75) is 23.8 Å². The first-order valence-corrected chi connectivity index (χ1v) is 5.51. The summed E-state index contributed by atoms with van der Waals surface area (Å²) in [6.45, 7) is 0. The maximum atomic E-state index is 13.3. The Bertz CT molecular complexity index is 326. The van der Waals surface area contributed by atoms with E-state index < -0.39 is 0 Å². The molecule has 0 aromatic heterocycles. The lowest BCUT2D eigenvalue weighted by Gasteiger charge is -2.06. The number of halogens is 1. The molecule has 0 spiro atoms. The number of anilines is 1. The van der Waals surface area contributed by atoms with Gasteiger partial charge in [0.25, 0.3) is 0 Å². The van der Waals surface area contributed by atoms with E-state index in [1.807, 2.05) is 13.1 Å². The molecule has 0 radical (unpaired) electrons. The number of hydrogen-bond donors (Lipinski definition) is 2. The van der Waals surface area contributed by atoms with Gasteiger partial charge in [-0.1, -0.05) is 0 Å². The van der Waals surface area contributed by atoms with Gasteiger partial charge < -0.3 is 5.32 Å². The summed E-state index contributed by atoms with van der Waals surface area (Å²) in [5.74, 6) is -0.165. The third-order valence-corrected chi connectivity index (χ3v) is 3.12. The van der Waals surface area contributed by atoms with Crippen LogP contribution in [0.1, 0.15) is 12.8 Å². The van der Waals surface area contributed by atoms with Gasteiger partial charge in [0.2, 0.25) is 0 Å². The molecule has 0 amide bonds. The van der Waals surface area contributed by atoms with E-state index in [1.165, 1.54) is 30.9 Å². The second kappa shape index (κ2) is 4.19. The molecule has 1 aliphatic carbocycles. The summed E-state index contributed by atoms with van der Waals surface area (Å²) in [5.41, 5.74) is 0.937. The number of hydrogen-bond acceptors (Lipinski definition) is 3. The lowest BCUT2D eigenvalue weighted by Crippen LogP contribution is -2.05. The van der Waals surface area contributed by atoms with Gasteiger partial charge in [-0.2, -0.15) is 0 Å². The second-order valence-electron chi connectivity index (χ2n) is 3.39. The average Bonchev–Trinajstić information content (AvgIpc) is 3.00. The van der Waals surface area contributed by atoms with Gasteiger partial charge in [0.15, 0.2) is 0 Å². The Kier molecular flexibility index (Phi) is 2.93. The monoisotopic (exact) mass is 212 g/mol. The van der Waals surface area contributed by atoms with E-state index in [4.69, 9.17) is 0 Å². The van der Waals surface area contributed by atoms with Crippen molar-refractivity contribution in [1.29, 1.82) is 0 Å². The summed E-state index contributed by atoms with van der Waals surface area (Å²) >= 11 is 1.38. The summed E-state index contributed by atoms with van der Waals surface area (Å²) in [5, 5.41) is 2.99. The van der Waals surface area contributed by atoms with Crippen LogP contribution in [0.3, 0.4) is 0 Å². The summed E-state index contributed by atoms with van der Waals surface area (Å²) in [4.78, 5) is 0.656. The van der Waals surface area contributed by atoms with Crippen molar-refractivity contribution in [2.75, 3.05) is 12.4 Å². The van der Waals surface area contributed by atoms with E-state index in [0.29, 0.717) is 10.9 Å². The standard InChI is InChI=1S/C10H13FN2S/c1-12-8-4-5-9(11)10(6-8)14-13-7-2-3-7/h4-7,12-13H,2-3H2,1H3. The molecule has 2 N–H and O–H groups in total. The van der Waals surface area contributed by atoms with Gasteiger partial charge in [0.05, 0.1) is 4.90 Å². The molecular formula is C10H13FN2S. The van der Waals surface area contributed by atoms with Gasteiger partial charge in [0.1, 0.15) is 5.82 Å². The molecule has 0 unspecified atom stereocenters. The van der Waals surface area contributed by atoms with Crippen LogP contribution in [0, 0.1) is 5.82 Å². The first-order valence-electron chi connectivity index (χ1n) is 4.69. The summed E-state index contributed by atoms with van der Waals surface area (Å²) in [6, 6.07) is 5.62. The van der Waals surface area contributed by atoms with Crippen LogP contribution in [0.2, 0.25) is 0 Å². The van der Waals surface area contributed by atoms with E-state index in [2.05, 4.69) is 10.0 Å². The largest absolute Gasteiger partial charge is 0.388 e. The van der Waals surface area contributed by atoms with Gasteiger partial charge >= 0.3 is 0 Å². The van der Waals surface area contributed by atoms with Gasteiger partial charge in [0, 0.05) is 18.8 Å². The van der Waals surface area contributed by atoms with Crippen LogP contribution in [0.15, 0.2) is 23.1 Å². The number of benzene rings is 1. The predicted octanol–water partition coefficient (Wildman–Crippen LogP) is 2.63. The lowest BCUT2D eigenvalue weighted by molar-refractivity contribution is 0.601. The molecule has 14 heavy (non-hydrogen) atoms. The zero-order valence-electron chi connectivity index (χ0n) is 8.01. The molecule has 1 aromatic rings. The highest BCUT2D eigenvalue weighted by Gasteiger charge is 2.21. The lowest BCUT2D eigenvalue weighted by atomic mass is 10.3. The quantitative estimate of drug-likeness (QED) is 0.750. The number of rotatable bonds is 4. The Morgan fingerprint density at radius 2 is 2.21 bits per heavy atom. The minimum absolute atomic E-state index is 0.165. The molecule has 0 aliphatic heterocycles. The molecule has 2 rings (SSSR count). The summed E-state index contributed by atoms with van der Waals surface area (Å²) in [7, 11) is 1.83. The smallest absolute Gasteiger partial charge is 0.138 e. The van der Waals surface area contributed by atoms with Gasteiger partial charge in [-0.3, -0.25) is 4.72 Å². The van der Waals surface area contributed by atoms with Crippen molar-refractivity contribution in [3.63, 3.8) is 0 Å². The Morgan fingerprint density at radius 1 is 1.43 bits per heavy atom. The second-order valence-corrected chi connectivity index (χ2v) is 4.27. The highest BCUT2D eigenvalue weighted by molar-refractivity contribution is 7.97. The fourth-order valence-electron chi connectivity index (χ4n) is 1.09. The van der Waals surface area contributed by atoms with Gasteiger partial charge in [-0.05, 0) is 43.0 Å². The van der Waals surface area contributed by atoms with Crippen molar-refractivity contribution < 1.29 is 4.39 Å². The van der Waals surface area contributed by atoms with Crippen molar-refractivity contribution >= 4 is 17.6 Å². The third kappa shape index (κ3) is 2.39. The van der Waals surface area contributed by atoms with E-state index in [9.17, 15) is 4.39 Å². The van der Waals surface area contributed by atoms with E-state index in [1.54, 1.807) is 6.07 Å². The Labute approximate surface area is 87.4 Å². The molecule has 1 aromatic carbocycles. The predicted molar refractivity (Wildman–Crippen MR) is 58.0 cm³/mol. The topological polar surface area (TPSA) is 24.1 Å². The normalized spacial score (nSPS) is 15.6. The van der Waals surface area contributed by atoms with Crippen LogP contribution in [-0.2, 0) is 0 Å². The maximum Gasteiger partial charge on any atom is 0.138 e. The van der Waals surface area contributed by atoms with Gasteiger partial charge in [-0.15, -0.1) is 0 Å². The third-order valence-electron chi connectivity index (χ3n) is 2.13. The molecule has 76 valence electrons. The first kappa shape index (κ1) is 9.80. The van der Waals surface area contributed by atoms with Crippen LogP contribution >= 0.6 is 11.9 Å². The fraction of sp³-hybridized carbons (Fsp3) is 0.400. The molecular weight excluding hydrogens is 199 g/mol. The average molecular weight is 212 g/mol. The van der Waals surface area contributed by atoms with Gasteiger partial charge in [-0.25, -0.2) is 4.39 Å². The van der Waals surface area contributed by atoms with Crippen molar-refractivity contribution in [2.24, 2.45) is 0 Å². The van der Waals surface area contributed by atoms with Crippen LogP contribution in [0.25, 0.3) is 0 Å². The molecule has 0 atom stereocenters. The molecule has 0 heterocycles. The Morgan fingerprint density at radius 3 is 2.86 bits per heavy atom. The SMILES string of the molecule is CNc1ccc(F)c(SNC2CC2)c1. The zero-order chi connectivity index (χ0) is 9.97. The van der Waals surface area contributed by atoms with E-state index in [0.717, 1.165) is 5.69 Å². The van der Waals surface area contributed by atoms with E-state index in [-0.39, 0.29) is 5.82 Å². The van der Waals surface area contributed by atoms with E-state index >= 15 is 0 Å². The molecule has 0 bridgehead atoms. The number of nitrogens with one attached hydrogen (secondary N) is 2. The molecule has 1 aliphatic rings. The fourth-order valence-corrected chi connectivity index (χ4v) is 1.97. The minimum Gasteiger partial charge on any atom is -0.388 e. The van der Waals surface area contributed by atoms with Crippen LogP contribution in [0.5, 0.6) is 0 Å². The van der Waals surface area contributed by atoms with Crippen LogP contribution in [0.4, 0.5) is 10.1 Å². The van der Waals surface area contributed by atoms with Crippen LogP contribution < -0.4 is 10.0 Å². The molecule has 2 nitrogen and oxygen atoms in total. The van der Waals surface area contributed by atoms with Crippen LogP contribution in [-0.4, -0.2) is 13.1 Å². The molecule has 1 saturated carbocycles. The zero-order valence-corrected chi connectivity index (χ0v) is 8.83. The highest BCUT2D eigenvalue weighted by atomic mass is 32.2. The maximum absolute atomic E-state index is 13.3. The van der Waals surface area contributed by atoms with Crippen molar-refractivity contribution in [3.8, 4) is 0 Å².